The average molecular weight is 306 g/mol. The zero-order valence-corrected chi connectivity index (χ0v) is 12.3. The summed E-state index contributed by atoms with van der Waals surface area (Å²) in [6.45, 7) is 0.496. The molecule has 0 spiro atoms. The Morgan fingerprint density at radius 1 is 1.29 bits per heavy atom. The summed E-state index contributed by atoms with van der Waals surface area (Å²) in [4.78, 5) is 11.4. The molecule has 5 N–H and O–H groups in total. The number of methoxy groups -OCH3 is 1. The van der Waals surface area contributed by atoms with Gasteiger partial charge in [0, 0.05) is 17.3 Å². The van der Waals surface area contributed by atoms with Gasteiger partial charge in [-0.1, -0.05) is 17.7 Å². The lowest BCUT2D eigenvalue weighted by Gasteiger charge is -2.12. The van der Waals surface area contributed by atoms with Gasteiger partial charge in [-0.05, 0) is 35.9 Å². The number of hydrogen-bond acceptors (Lipinski definition) is 4. The fourth-order valence-electron chi connectivity index (χ4n) is 1.97. The molecule has 1 amide bonds. The molecule has 2 aromatic rings. The van der Waals surface area contributed by atoms with Gasteiger partial charge in [0.15, 0.2) is 0 Å². The highest BCUT2D eigenvalue weighted by Crippen LogP contribution is 2.24. The van der Waals surface area contributed by atoms with Crippen molar-refractivity contribution in [2.75, 3.05) is 18.2 Å². The molecule has 0 aliphatic carbocycles. The number of primary amides is 1. The first-order chi connectivity index (χ1) is 10.0. The molecule has 0 aromatic heterocycles. The largest absolute Gasteiger partial charge is 0.495 e. The minimum absolute atomic E-state index is 0.351. The molecule has 0 bridgehead atoms. The van der Waals surface area contributed by atoms with Crippen LogP contribution in [0.3, 0.4) is 0 Å². The molecule has 0 heterocycles. The van der Waals surface area contributed by atoms with Crippen LogP contribution in [0.2, 0.25) is 5.02 Å². The van der Waals surface area contributed by atoms with E-state index in [4.69, 9.17) is 27.8 Å². The number of amides is 1. The Morgan fingerprint density at radius 3 is 2.67 bits per heavy atom. The molecule has 5 nitrogen and oxygen atoms in total. The van der Waals surface area contributed by atoms with E-state index in [0.29, 0.717) is 34.3 Å². The molecule has 110 valence electrons. The maximum Gasteiger partial charge on any atom is 0.250 e. The van der Waals surface area contributed by atoms with E-state index in [9.17, 15) is 4.79 Å². The fraction of sp³-hybridized carbons (Fsp3) is 0.133. The van der Waals surface area contributed by atoms with Crippen LogP contribution in [0.5, 0.6) is 5.75 Å². The molecular weight excluding hydrogens is 290 g/mol. The van der Waals surface area contributed by atoms with Crippen molar-refractivity contribution in [2.24, 2.45) is 5.73 Å². The normalized spacial score (nSPS) is 10.2. The summed E-state index contributed by atoms with van der Waals surface area (Å²) in [5, 5.41) is 3.61. The monoisotopic (exact) mass is 305 g/mol. The highest BCUT2D eigenvalue weighted by molar-refractivity contribution is 6.31. The Balaban J connectivity index is 2.16. The second kappa shape index (κ2) is 6.37. The number of hydrogen-bond donors (Lipinski definition) is 3. The first-order valence-corrected chi connectivity index (χ1v) is 6.64. The van der Waals surface area contributed by atoms with Gasteiger partial charge in [0.25, 0.3) is 5.91 Å². The lowest BCUT2D eigenvalue weighted by atomic mass is 10.1. The van der Waals surface area contributed by atoms with Crippen LogP contribution in [0, 0.1) is 0 Å². The van der Waals surface area contributed by atoms with Gasteiger partial charge in [-0.2, -0.15) is 0 Å². The Bertz CT molecular complexity index is 674. The second-order valence-corrected chi connectivity index (χ2v) is 4.92. The molecule has 0 aliphatic rings. The zero-order valence-electron chi connectivity index (χ0n) is 11.5. The van der Waals surface area contributed by atoms with Gasteiger partial charge in [-0.3, -0.25) is 4.79 Å². The highest BCUT2D eigenvalue weighted by Gasteiger charge is 2.09. The van der Waals surface area contributed by atoms with Crippen molar-refractivity contribution in [2.45, 2.75) is 6.54 Å². The fourth-order valence-corrected chi connectivity index (χ4v) is 2.14. The van der Waals surface area contributed by atoms with Crippen LogP contribution >= 0.6 is 11.6 Å². The molecule has 2 rings (SSSR count). The second-order valence-electron chi connectivity index (χ2n) is 4.48. The van der Waals surface area contributed by atoms with E-state index in [1.807, 2.05) is 12.1 Å². The summed E-state index contributed by atoms with van der Waals surface area (Å²) in [5.74, 6) is 0.0947. The van der Waals surface area contributed by atoms with Crippen molar-refractivity contribution in [1.29, 1.82) is 0 Å². The third-order valence-electron chi connectivity index (χ3n) is 3.02. The Labute approximate surface area is 127 Å². The number of nitrogens with one attached hydrogen (secondary N) is 1. The van der Waals surface area contributed by atoms with E-state index in [1.54, 1.807) is 25.3 Å². The average Bonchev–Trinajstić information content (AvgIpc) is 2.46. The van der Waals surface area contributed by atoms with Crippen LogP contribution < -0.4 is 21.5 Å². The quantitative estimate of drug-likeness (QED) is 0.741. The summed E-state index contributed by atoms with van der Waals surface area (Å²) in [5.41, 5.74) is 13.7. The Hall–Kier alpha value is -2.40. The molecular formula is C15H16ClN3O2. The van der Waals surface area contributed by atoms with Gasteiger partial charge in [-0.15, -0.1) is 0 Å². The number of carbonyl (C=O) groups excluding carboxylic acids is 1. The topological polar surface area (TPSA) is 90.4 Å². The number of anilines is 2. The number of rotatable bonds is 5. The van der Waals surface area contributed by atoms with Crippen LogP contribution in [0.1, 0.15) is 15.9 Å². The molecule has 0 aliphatic heterocycles. The van der Waals surface area contributed by atoms with Crippen LogP contribution in [-0.4, -0.2) is 13.0 Å². The van der Waals surface area contributed by atoms with Crippen molar-refractivity contribution in [3.8, 4) is 5.75 Å². The van der Waals surface area contributed by atoms with Crippen LogP contribution in [-0.2, 0) is 6.54 Å². The van der Waals surface area contributed by atoms with Crippen LogP contribution in [0.25, 0.3) is 0 Å². The third kappa shape index (κ3) is 3.58. The molecule has 21 heavy (non-hydrogen) atoms. The maximum absolute atomic E-state index is 11.4. The van der Waals surface area contributed by atoms with Crippen molar-refractivity contribution in [3.05, 3.63) is 52.5 Å². The summed E-state index contributed by atoms with van der Waals surface area (Å²) in [7, 11) is 1.57. The van der Waals surface area contributed by atoms with Gasteiger partial charge in [0.2, 0.25) is 0 Å². The predicted molar refractivity (Wildman–Crippen MR) is 84.7 cm³/mol. The SMILES string of the molecule is COc1ccc(CNc2ccc(Cl)cc2C(N)=O)cc1N. The smallest absolute Gasteiger partial charge is 0.250 e. The summed E-state index contributed by atoms with van der Waals surface area (Å²) >= 11 is 5.87. The number of nitrogens with two attached hydrogens (primary N) is 2. The first kappa shape index (κ1) is 15.0. The Morgan fingerprint density at radius 2 is 2.05 bits per heavy atom. The first-order valence-electron chi connectivity index (χ1n) is 6.27. The number of halogens is 1. The lowest BCUT2D eigenvalue weighted by Crippen LogP contribution is -2.14. The van der Waals surface area contributed by atoms with E-state index in [1.165, 1.54) is 6.07 Å². The third-order valence-corrected chi connectivity index (χ3v) is 3.26. The summed E-state index contributed by atoms with van der Waals surface area (Å²) in [6.07, 6.45) is 0. The minimum atomic E-state index is -0.533. The van der Waals surface area contributed by atoms with Crippen molar-refractivity contribution >= 4 is 28.9 Å². The summed E-state index contributed by atoms with van der Waals surface area (Å²) in [6, 6.07) is 10.4. The van der Waals surface area contributed by atoms with Gasteiger partial charge in [0.05, 0.1) is 18.4 Å². The van der Waals surface area contributed by atoms with E-state index < -0.39 is 5.91 Å². The van der Waals surface area contributed by atoms with E-state index >= 15 is 0 Å². The molecule has 2 aromatic carbocycles. The minimum Gasteiger partial charge on any atom is -0.495 e. The molecule has 0 saturated carbocycles. The van der Waals surface area contributed by atoms with Crippen molar-refractivity contribution < 1.29 is 9.53 Å². The number of carbonyl (C=O) groups is 1. The molecule has 0 atom stereocenters. The van der Waals surface area contributed by atoms with E-state index in [-0.39, 0.29) is 0 Å². The van der Waals surface area contributed by atoms with Gasteiger partial charge >= 0.3 is 0 Å². The van der Waals surface area contributed by atoms with E-state index in [0.717, 1.165) is 5.56 Å². The predicted octanol–water partition coefficient (Wildman–Crippen LogP) is 2.64. The van der Waals surface area contributed by atoms with Gasteiger partial charge in [0.1, 0.15) is 5.75 Å². The van der Waals surface area contributed by atoms with Crippen LogP contribution in [0.15, 0.2) is 36.4 Å². The van der Waals surface area contributed by atoms with Gasteiger partial charge < -0.3 is 21.5 Å². The van der Waals surface area contributed by atoms with Crippen LogP contribution in [0.4, 0.5) is 11.4 Å². The van der Waals surface area contributed by atoms with Gasteiger partial charge in [-0.25, -0.2) is 0 Å². The number of nitrogen functional groups attached to an aromatic ring is 1. The number of ether oxygens (including phenoxy) is 1. The zero-order chi connectivity index (χ0) is 15.4. The standard InChI is InChI=1S/C15H16ClN3O2/c1-21-14-5-2-9(6-12(14)17)8-19-13-4-3-10(16)7-11(13)15(18)20/h2-7,19H,8,17H2,1H3,(H2,18,20). The molecule has 0 radical (unpaired) electrons. The van der Waals surface area contributed by atoms with Crippen molar-refractivity contribution in [1.82, 2.24) is 0 Å². The van der Waals surface area contributed by atoms with E-state index in [2.05, 4.69) is 5.32 Å². The lowest BCUT2D eigenvalue weighted by molar-refractivity contribution is 0.100. The Kier molecular flexibility index (Phi) is 4.55. The van der Waals surface area contributed by atoms with Crippen molar-refractivity contribution in [3.63, 3.8) is 0 Å². The highest BCUT2D eigenvalue weighted by atomic mass is 35.5. The molecule has 0 unspecified atom stereocenters. The maximum atomic E-state index is 11.4. The molecule has 0 saturated heterocycles. The number of benzene rings is 2. The molecule has 6 heteroatoms. The molecule has 0 fully saturated rings. The summed E-state index contributed by atoms with van der Waals surface area (Å²) < 4.78 is 5.11.